The average molecular weight is 230 g/mol. The number of hydrogen-bond acceptors (Lipinski definition) is 2. The summed E-state index contributed by atoms with van der Waals surface area (Å²) in [6, 6.07) is 0. The van der Waals surface area contributed by atoms with E-state index >= 15 is 0 Å². The first-order chi connectivity index (χ1) is 7.64. The molecule has 0 amide bonds. The molecule has 0 radical (unpaired) electrons. The summed E-state index contributed by atoms with van der Waals surface area (Å²) in [5.41, 5.74) is -0.0935. The molecule has 0 aromatic heterocycles. The molecule has 0 aliphatic rings. The Bertz CT molecular complexity index is 153. The molecule has 0 saturated carbocycles. The van der Waals surface area contributed by atoms with E-state index in [1.54, 1.807) is 0 Å². The van der Waals surface area contributed by atoms with Gasteiger partial charge in [0, 0.05) is 0 Å². The van der Waals surface area contributed by atoms with E-state index in [1.165, 1.54) is 19.3 Å². The molecule has 0 fully saturated rings. The molecule has 16 heavy (non-hydrogen) atoms. The first kappa shape index (κ1) is 15.9. The number of unbranched alkanes of at least 4 members (excludes halogenated alkanes) is 2. The van der Waals surface area contributed by atoms with Crippen molar-refractivity contribution in [1.29, 1.82) is 0 Å². The maximum Gasteiger partial charge on any atom is 0.155 e. The van der Waals surface area contributed by atoms with Gasteiger partial charge in [0.05, 0.1) is 5.60 Å². The van der Waals surface area contributed by atoms with E-state index in [1.807, 2.05) is 0 Å². The predicted molar refractivity (Wildman–Crippen MR) is 69.5 cm³/mol. The summed E-state index contributed by atoms with van der Waals surface area (Å²) in [6.07, 6.45) is 7.91. The fourth-order valence-electron chi connectivity index (χ4n) is 2.12. The fourth-order valence-corrected chi connectivity index (χ4v) is 2.12. The molecular formula is C14H30O2. The highest BCUT2D eigenvalue weighted by atomic mass is 16.6. The third-order valence-corrected chi connectivity index (χ3v) is 3.45. The molecule has 0 aromatic rings. The van der Waals surface area contributed by atoms with Gasteiger partial charge in [-0.05, 0) is 25.7 Å². The zero-order valence-electron chi connectivity index (χ0n) is 11.6. The average Bonchev–Trinajstić information content (AvgIpc) is 2.28. The molecule has 1 N–H and O–H groups in total. The van der Waals surface area contributed by atoms with Gasteiger partial charge in [0.1, 0.15) is 0 Å². The van der Waals surface area contributed by atoms with Crippen LogP contribution in [-0.2, 0) is 4.74 Å². The molecule has 1 unspecified atom stereocenters. The Balaban J connectivity index is 4.19. The fraction of sp³-hybridized carbons (Fsp3) is 1.00. The Morgan fingerprint density at radius 1 is 1.00 bits per heavy atom. The Labute approximate surface area is 101 Å². The highest BCUT2D eigenvalue weighted by Gasteiger charge is 2.28. The van der Waals surface area contributed by atoms with Crippen molar-refractivity contribution in [3.05, 3.63) is 0 Å². The summed E-state index contributed by atoms with van der Waals surface area (Å²) >= 11 is 0. The van der Waals surface area contributed by atoms with Crippen LogP contribution in [0, 0.1) is 0 Å². The van der Waals surface area contributed by atoms with Gasteiger partial charge in [0.2, 0.25) is 0 Å². The van der Waals surface area contributed by atoms with Crippen LogP contribution in [0.5, 0.6) is 0 Å². The molecule has 0 rings (SSSR count). The van der Waals surface area contributed by atoms with Gasteiger partial charge >= 0.3 is 0 Å². The monoisotopic (exact) mass is 230 g/mol. The molecule has 0 spiro atoms. The number of hydrogen-bond donors (Lipinski definition) is 1. The summed E-state index contributed by atoms with van der Waals surface area (Å²) in [7, 11) is 0. The minimum atomic E-state index is -0.577. The quantitative estimate of drug-likeness (QED) is 0.449. The third-order valence-electron chi connectivity index (χ3n) is 3.45. The van der Waals surface area contributed by atoms with Crippen LogP contribution in [0.1, 0.15) is 79.1 Å². The zero-order chi connectivity index (χ0) is 12.4. The molecule has 0 aliphatic carbocycles. The Morgan fingerprint density at radius 2 is 1.62 bits per heavy atom. The van der Waals surface area contributed by atoms with Crippen LogP contribution in [0.3, 0.4) is 0 Å². The van der Waals surface area contributed by atoms with Gasteiger partial charge in [-0.15, -0.1) is 0 Å². The third kappa shape index (κ3) is 5.86. The van der Waals surface area contributed by atoms with Crippen LogP contribution in [0.2, 0.25) is 0 Å². The van der Waals surface area contributed by atoms with Crippen molar-refractivity contribution in [2.45, 2.75) is 91.0 Å². The first-order valence-corrected chi connectivity index (χ1v) is 7.00. The second kappa shape index (κ2) is 9.00. The second-order valence-corrected chi connectivity index (χ2v) is 4.71. The van der Waals surface area contributed by atoms with Gasteiger partial charge in [0.25, 0.3) is 0 Å². The summed E-state index contributed by atoms with van der Waals surface area (Å²) in [6.45, 7) is 8.61. The van der Waals surface area contributed by atoms with E-state index in [4.69, 9.17) is 4.74 Å². The normalized spacial score (nSPS) is 14.1. The largest absolute Gasteiger partial charge is 0.368 e. The van der Waals surface area contributed by atoms with Crippen molar-refractivity contribution in [1.82, 2.24) is 0 Å². The molecule has 2 nitrogen and oxygen atoms in total. The molecule has 0 saturated heterocycles. The lowest BCUT2D eigenvalue weighted by atomic mass is 9.90. The van der Waals surface area contributed by atoms with Crippen LogP contribution in [-0.4, -0.2) is 17.0 Å². The van der Waals surface area contributed by atoms with E-state index in [2.05, 4.69) is 27.7 Å². The molecule has 0 heterocycles. The van der Waals surface area contributed by atoms with Gasteiger partial charge in [-0.1, -0.05) is 53.4 Å². The van der Waals surface area contributed by atoms with Crippen LogP contribution in [0.15, 0.2) is 0 Å². The van der Waals surface area contributed by atoms with Gasteiger partial charge in [-0.25, -0.2) is 0 Å². The first-order valence-electron chi connectivity index (χ1n) is 7.00. The zero-order valence-corrected chi connectivity index (χ0v) is 11.6. The van der Waals surface area contributed by atoms with E-state index in [0.29, 0.717) is 0 Å². The van der Waals surface area contributed by atoms with E-state index in [0.717, 1.165) is 32.1 Å². The Kier molecular flexibility index (Phi) is 8.96. The van der Waals surface area contributed by atoms with Crippen molar-refractivity contribution < 1.29 is 9.84 Å². The SMILES string of the molecule is CCCCCC(CC)(CC)OC(O)CCC. The highest BCUT2D eigenvalue weighted by Crippen LogP contribution is 2.29. The molecule has 98 valence electrons. The minimum absolute atomic E-state index is 0.0935. The molecule has 1 atom stereocenters. The number of aliphatic hydroxyl groups is 1. The lowest BCUT2D eigenvalue weighted by Crippen LogP contribution is -2.35. The number of ether oxygens (including phenoxy) is 1. The van der Waals surface area contributed by atoms with Crippen molar-refractivity contribution in [3.63, 3.8) is 0 Å². The van der Waals surface area contributed by atoms with Crippen LogP contribution < -0.4 is 0 Å². The smallest absolute Gasteiger partial charge is 0.155 e. The number of aliphatic hydroxyl groups excluding tert-OH is 1. The summed E-state index contributed by atoms with van der Waals surface area (Å²) < 4.78 is 5.88. The van der Waals surface area contributed by atoms with Gasteiger partial charge < -0.3 is 9.84 Å². The summed E-state index contributed by atoms with van der Waals surface area (Å²) in [5, 5.41) is 9.78. The van der Waals surface area contributed by atoms with Crippen molar-refractivity contribution in [3.8, 4) is 0 Å². The second-order valence-electron chi connectivity index (χ2n) is 4.71. The van der Waals surface area contributed by atoms with Gasteiger partial charge in [0.15, 0.2) is 6.29 Å². The maximum atomic E-state index is 9.78. The minimum Gasteiger partial charge on any atom is -0.368 e. The molecule has 0 aliphatic heterocycles. The van der Waals surface area contributed by atoms with Crippen LogP contribution in [0.4, 0.5) is 0 Å². The van der Waals surface area contributed by atoms with E-state index < -0.39 is 6.29 Å². The maximum absolute atomic E-state index is 9.78. The lowest BCUT2D eigenvalue weighted by molar-refractivity contribution is -0.194. The molecule has 2 heteroatoms. The Morgan fingerprint density at radius 3 is 2.06 bits per heavy atom. The summed E-state index contributed by atoms with van der Waals surface area (Å²) in [5.74, 6) is 0. The van der Waals surface area contributed by atoms with Crippen LogP contribution in [0.25, 0.3) is 0 Å². The predicted octanol–water partition coefficient (Wildman–Crippen LogP) is 4.26. The van der Waals surface area contributed by atoms with E-state index in [-0.39, 0.29) is 5.60 Å². The van der Waals surface area contributed by atoms with Crippen molar-refractivity contribution in [2.75, 3.05) is 0 Å². The molecule has 0 bridgehead atoms. The summed E-state index contributed by atoms with van der Waals surface area (Å²) in [4.78, 5) is 0. The highest BCUT2D eigenvalue weighted by molar-refractivity contribution is 4.78. The number of rotatable bonds is 10. The van der Waals surface area contributed by atoms with Gasteiger partial charge in [-0.2, -0.15) is 0 Å². The van der Waals surface area contributed by atoms with Crippen LogP contribution >= 0.6 is 0 Å². The Hall–Kier alpha value is -0.0800. The van der Waals surface area contributed by atoms with Gasteiger partial charge in [-0.3, -0.25) is 0 Å². The lowest BCUT2D eigenvalue weighted by Gasteiger charge is -2.34. The molecule has 0 aromatic carbocycles. The standard InChI is InChI=1S/C14H30O2/c1-5-9-10-12-14(7-3,8-4)16-13(15)11-6-2/h13,15H,5-12H2,1-4H3. The van der Waals surface area contributed by atoms with Crippen molar-refractivity contribution >= 4 is 0 Å². The van der Waals surface area contributed by atoms with E-state index in [9.17, 15) is 5.11 Å². The topological polar surface area (TPSA) is 29.5 Å². The molecular weight excluding hydrogens is 200 g/mol. The van der Waals surface area contributed by atoms with Crippen molar-refractivity contribution in [2.24, 2.45) is 0 Å².